The molecule has 0 aromatic carbocycles. The molecular weight excluding hydrogens is 320 g/mol. The fourth-order valence-corrected chi connectivity index (χ4v) is 1.62. The summed E-state index contributed by atoms with van der Waals surface area (Å²) in [4.78, 5) is 14.0. The maximum absolute atomic E-state index is 12.7. The standard InChI is InChI=1S/C9H4Cl2F5NO2/c10-2-3-1-4(19-9(14,15)16)17-6(7(11)18)5(3)8(12)13/h1,8H,2H2. The lowest BCUT2D eigenvalue weighted by molar-refractivity contribution is -0.276. The Kier molecular flexibility index (Phi) is 4.92. The number of hydrogen-bond acceptors (Lipinski definition) is 3. The highest BCUT2D eigenvalue weighted by atomic mass is 35.5. The highest BCUT2D eigenvalue weighted by molar-refractivity contribution is 6.67. The van der Waals surface area contributed by atoms with Crippen LogP contribution in [0.15, 0.2) is 6.07 Å². The van der Waals surface area contributed by atoms with E-state index in [-0.39, 0.29) is 0 Å². The van der Waals surface area contributed by atoms with Gasteiger partial charge >= 0.3 is 6.36 Å². The van der Waals surface area contributed by atoms with Crippen LogP contribution in [0.3, 0.4) is 0 Å². The van der Waals surface area contributed by atoms with Crippen LogP contribution in [-0.4, -0.2) is 16.6 Å². The van der Waals surface area contributed by atoms with Crippen molar-refractivity contribution in [2.75, 3.05) is 0 Å². The van der Waals surface area contributed by atoms with Gasteiger partial charge in [0.25, 0.3) is 11.7 Å². The lowest BCUT2D eigenvalue weighted by Crippen LogP contribution is -2.19. The Balaban J connectivity index is 3.40. The van der Waals surface area contributed by atoms with Gasteiger partial charge in [-0.1, -0.05) is 0 Å². The van der Waals surface area contributed by atoms with E-state index in [1.807, 2.05) is 0 Å². The van der Waals surface area contributed by atoms with E-state index < -0.39 is 46.6 Å². The van der Waals surface area contributed by atoms with E-state index in [0.29, 0.717) is 6.07 Å². The van der Waals surface area contributed by atoms with Crippen molar-refractivity contribution in [3.63, 3.8) is 0 Å². The largest absolute Gasteiger partial charge is 0.574 e. The molecule has 0 aliphatic carbocycles. The maximum atomic E-state index is 12.7. The quantitative estimate of drug-likeness (QED) is 0.477. The summed E-state index contributed by atoms with van der Waals surface area (Å²) in [5.41, 5.74) is -2.35. The number of pyridine rings is 1. The first-order valence-electron chi connectivity index (χ1n) is 4.49. The fraction of sp³-hybridized carbons (Fsp3) is 0.333. The van der Waals surface area contributed by atoms with Crippen molar-refractivity contribution in [1.82, 2.24) is 4.98 Å². The minimum Gasteiger partial charge on any atom is -0.388 e. The molecule has 106 valence electrons. The van der Waals surface area contributed by atoms with Crippen LogP contribution in [0, 0.1) is 0 Å². The maximum Gasteiger partial charge on any atom is 0.574 e. The van der Waals surface area contributed by atoms with Crippen LogP contribution >= 0.6 is 23.2 Å². The predicted octanol–water partition coefficient (Wildman–Crippen LogP) is 4.04. The van der Waals surface area contributed by atoms with Crippen LogP contribution in [-0.2, 0) is 5.88 Å². The molecule has 0 bridgehead atoms. The smallest absolute Gasteiger partial charge is 0.388 e. The molecule has 0 amide bonds. The number of halogens is 7. The molecule has 0 saturated carbocycles. The Morgan fingerprint density at radius 1 is 1.42 bits per heavy atom. The summed E-state index contributed by atoms with van der Waals surface area (Å²) in [6.45, 7) is 0. The first kappa shape index (κ1) is 15.9. The van der Waals surface area contributed by atoms with Crippen molar-refractivity contribution >= 4 is 28.4 Å². The van der Waals surface area contributed by atoms with E-state index in [2.05, 4.69) is 9.72 Å². The summed E-state index contributed by atoms with van der Waals surface area (Å²) < 4.78 is 64.9. The van der Waals surface area contributed by atoms with E-state index in [0.717, 1.165) is 0 Å². The molecule has 0 saturated heterocycles. The number of ether oxygens (including phenoxy) is 1. The Hall–Kier alpha value is -1.15. The van der Waals surface area contributed by atoms with Crippen LogP contribution in [0.25, 0.3) is 0 Å². The van der Waals surface area contributed by atoms with Gasteiger partial charge in [0, 0.05) is 11.9 Å². The average Bonchev–Trinajstić information content (AvgIpc) is 2.24. The van der Waals surface area contributed by atoms with Gasteiger partial charge in [0.05, 0.1) is 5.56 Å². The van der Waals surface area contributed by atoms with Crippen LogP contribution in [0.4, 0.5) is 22.0 Å². The number of alkyl halides is 6. The molecule has 0 radical (unpaired) electrons. The normalized spacial score (nSPS) is 11.8. The lowest BCUT2D eigenvalue weighted by atomic mass is 10.1. The molecule has 1 heterocycles. The molecule has 0 atom stereocenters. The van der Waals surface area contributed by atoms with E-state index in [9.17, 15) is 26.7 Å². The van der Waals surface area contributed by atoms with Crippen molar-refractivity contribution in [2.45, 2.75) is 18.7 Å². The summed E-state index contributed by atoms with van der Waals surface area (Å²) in [6, 6.07) is 0.575. The van der Waals surface area contributed by atoms with Crippen molar-refractivity contribution < 1.29 is 31.5 Å². The molecule has 1 rings (SSSR count). The predicted molar refractivity (Wildman–Crippen MR) is 55.6 cm³/mol. The molecule has 0 aliphatic heterocycles. The highest BCUT2D eigenvalue weighted by Crippen LogP contribution is 2.32. The van der Waals surface area contributed by atoms with Crippen LogP contribution in [0.2, 0.25) is 0 Å². The Bertz CT molecular complexity index is 492. The highest BCUT2D eigenvalue weighted by Gasteiger charge is 2.33. The topological polar surface area (TPSA) is 39.2 Å². The van der Waals surface area contributed by atoms with E-state index in [1.165, 1.54) is 0 Å². The second-order valence-corrected chi connectivity index (χ2v) is 3.75. The Morgan fingerprint density at radius 2 is 2.00 bits per heavy atom. The molecule has 0 aliphatic rings. The number of rotatable bonds is 4. The molecular formula is C9H4Cl2F5NO2. The minimum absolute atomic E-state index is 0.421. The number of hydrogen-bond donors (Lipinski definition) is 0. The zero-order valence-corrected chi connectivity index (χ0v) is 10.3. The number of carbonyl (C=O) groups excluding carboxylic acids is 1. The average molecular weight is 324 g/mol. The van der Waals surface area contributed by atoms with Gasteiger partial charge in [-0.05, 0) is 17.2 Å². The van der Waals surface area contributed by atoms with Gasteiger partial charge < -0.3 is 4.74 Å². The molecule has 0 spiro atoms. The molecule has 19 heavy (non-hydrogen) atoms. The third kappa shape index (κ3) is 4.17. The summed E-state index contributed by atoms with van der Waals surface area (Å²) in [5, 5.41) is -1.44. The van der Waals surface area contributed by atoms with E-state index in [1.54, 1.807) is 0 Å². The molecule has 0 unspecified atom stereocenters. The van der Waals surface area contributed by atoms with Gasteiger partial charge in [-0.25, -0.2) is 13.8 Å². The SMILES string of the molecule is O=C(Cl)c1nc(OC(F)(F)F)cc(CCl)c1C(F)F. The zero-order chi connectivity index (χ0) is 14.8. The number of nitrogens with zero attached hydrogens (tertiary/aromatic N) is 1. The second kappa shape index (κ2) is 5.87. The third-order valence-corrected chi connectivity index (χ3v) is 2.36. The number of carbonyl (C=O) groups is 1. The van der Waals surface area contributed by atoms with Crippen molar-refractivity contribution in [2.24, 2.45) is 0 Å². The molecule has 0 N–H and O–H groups in total. The van der Waals surface area contributed by atoms with Crippen LogP contribution < -0.4 is 4.74 Å². The number of aromatic nitrogens is 1. The summed E-state index contributed by atoms with van der Waals surface area (Å²) in [5.74, 6) is -1.65. The van der Waals surface area contributed by atoms with Gasteiger partial charge in [0.2, 0.25) is 5.88 Å². The first-order valence-corrected chi connectivity index (χ1v) is 5.40. The molecule has 3 nitrogen and oxygen atoms in total. The minimum atomic E-state index is -5.09. The van der Waals surface area contributed by atoms with Crippen molar-refractivity contribution in [3.05, 3.63) is 22.9 Å². The summed E-state index contributed by atoms with van der Waals surface area (Å²) >= 11 is 10.4. The molecule has 0 fully saturated rings. The lowest BCUT2D eigenvalue weighted by Gasteiger charge is -2.13. The molecule has 1 aromatic rings. The monoisotopic (exact) mass is 323 g/mol. The van der Waals surface area contributed by atoms with Crippen LogP contribution in [0.5, 0.6) is 5.88 Å². The van der Waals surface area contributed by atoms with Crippen LogP contribution in [0.1, 0.15) is 28.0 Å². The van der Waals surface area contributed by atoms with Gasteiger partial charge in [-0.15, -0.1) is 24.8 Å². The van der Waals surface area contributed by atoms with Gasteiger partial charge in [0.1, 0.15) is 5.69 Å². The fourth-order valence-electron chi connectivity index (χ4n) is 1.26. The second-order valence-electron chi connectivity index (χ2n) is 3.14. The third-order valence-electron chi connectivity index (χ3n) is 1.89. The Labute approximate surface area is 113 Å². The van der Waals surface area contributed by atoms with Gasteiger partial charge in [0.15, 0.2) is 0 Å². The summed E-state index contributed by atoms with van der Waals surface area (Å²) in [7, 11) is 0. The summed E-state index contributed by atoms with van der Waals surface area (Å²) in [6.07, 6.45) is -8.26. The first-order chi connectivity index (χ1) is 8.65. The van der Waals surface area contributed by atoms with Crippen molar-refractivity contribution in [3.8, 4) is 5.88 Å². The van der Waals surface area contributed by atoms with Gasteiger partial charge in [-0.2, -0.15) is 0 Å². The van der Waals surface area contributed by atoms with E-state index in [4.69, 9.17) is 23.2 Å². The molecule has 1 aromatic heterocycles. The van der Waals surface area contributed by atoms with E-state index >= 15 is 0 Å². The van der Waals surface area contributed by atoms with Crippen molar-refractivity contribution in [1.29, 1.82) is 0 Å². The van der Waals surface area contributed by atoms with Gasteiger partial charge in [-0.3, -0.25) is 4.79 Å². The zero-order valence-electron chi connectivity index (χ0n) is 8.77. The molecule has 10 heteroatoms. The Morgan fingerprint density at radius 3 is 2.37 bits per heavy atom.